The predicted octanol–water partition coefficient (Wildman–Crippen LogP) is 0.890. The Hall–Kier alpha value is -1.36. The molecule has 86 valence electrons. The molecular weight excluding hydrogens is 224 g/mol. The van der Waals surface area contributed by atoms with Gasteiger partial charge in [0.15, 0.2) is 0 Å². The van der Waals surface area contributed by atoms with Crippen LogP contribution in [0.4, 0.5) is 0 Å². The third-order valence-electron chi connectivity index (χ3n) is 2.76. The molecule has 5 heteroatoms. The third kappa shape index (κ3) is 2.24. The van der Waals surface area contributed by atoms with Crippen LogP contribution in [0.2, 0.25) is 0 Å². The molecule has 1 fully saturated rings. The van der Waals surface area contributed by atoms with Crippen molar-refractivity contribution < 1.29 is 9.59 Å². The molecule has 0 bridgehead atoms. The van der Waals surface area contributed by atoms with Crippen molar-refractivity contribution in [3.8, 4) is 0 Å². The zero-order chi connectivity index (χ0) is 11.7. The fourth-order valence-corrected chi connectivity index (χ4v) is 2.78. The highest BCUT2D eigenvalue weighted by atomic mass is 32.1. The van der Waals surface area contributed by atoms with Crippen LogP contribution >= 0.6 is 11.3 Å². The number of hydrogen-bond acceptors (Lipinski definition) is 3. The van der Waals surface area contributed by atoms with Crippen molar-refractivity contribution in [1.29, 1.82) is 0 Å². The number of aryl methyl sites for hydroxylation is 1. The van der Waals surface area contributed by atoms with Gasteiger partial charge in [0.05, 0.1) is 12.5 Å². The van der Waals surface area contributed by atoms with Crippen LogP contribution < -0.4 is 5.73 Å². The normalized spacial score (nSPS) is 20.4. The SMILES string of the molecule is Cc1ccc(CN2CC(C(N)=O)CC2=O)s1. The second-order valence-electron chi connectivity index (χ2n) is 4.09. The number of hydrogen-bond donors (Lipinski definition) is 1. The summed E-state index contributed by atoms with van der Waals surface area (Å²) in [6.45, 7) is 3.10. The van der Waals surface area contributed by atoms with Gasteiger partial charge in [-0.25, -0.2) is 0 Å². The van der Waals surface area contributed by atoms with Gasteiger partial charge in [0.2, 0.25) is 11.8 Å². The Morgan fingerprint density at radius 1 is 1.62 bits per heavy atom. The average Bonchev–Trinajstić information content (AvgIpc) is 2.75. The van der Waals surface area contributed by atoms with Crippen molar-refractivity contribution in [2.75, 3.05) is 6.54 Å². The monoisotopic (exact) mass is 238 g/mol. The lowest BCUT2D eigenvalue weighted by Gasteiger charge is -2.14. The van der Waals surface area contributed by atoms with E-state index in [-0.39, 0.29) is 24.2 Å². The van der Waals surface area contributed by atoms with Gasteiger partial charge in [-0.1, -0.05) is 0 Å². The molecule has 1 aromatic heterocycles. The molecule has 1 aliphatic heterocycles. The number of primary amides is 1. The summed E-state index contributed by atoms with van der Waals surface area (Å²) in [6, 6.07) is 4.05. The largest absolute Gasteiger partial charge is 0.369 e. The Morgan fingerprint density at radius 2 is 2.38 bits per heavy atom. The average molecular weight is 238 g/mol. The Labute approximate surface area is 98.0 Å². The number of rotatable bonds is 3. The summed E-state index contributed by atoms with van der Waals surface area (Å²) in [6.07, 6.45) is 0.264. The van der Waals surface area contributed by atoms with Gasteiger partial charge in [-0.05, 0) is 19.1 Å². The highest BCUT2D eigenvalue weighted by Crippen LogP contribution is 2.23. The van der Waals surface area contributed by atoms with Crippen LogP contribution in [0.3, 0.4) is 0 Å². The first-order valence-corrected chi connectivity index (χ1v) is 6.00. The van der Waals surface area contributed by atoms with E-state index in [2.05, 4.69) is 0 Å². The van der Waals surface area contributed by atoms with Crippen LogP contribution in [0.25, 0.3) is 0 Å². The molecule has 2 amide bonds. The molecular formula is C11H14N2O2S. The van der Waals surface area contributed by atoms with Gasteiger partial charge < -0.3 is 10.6 Å². The number of nitrogens with zero attached hydrogens (tertiary/aromatic N) is 1. The highest BCUT2D eigenvalue weighted by Gasteiger charge is 2.32. The number of carbonyl (C=O) groups is 2. The van der Waals surface area contributed by atoms with Crippen molar-refractivity contribution in [3.63, 3.8) is 0 Å². The molecule has 2 heterocycles. The highest BCUT2D eigenvalue weighted by molar-refractivity contribution is 7.11. The molecule has 2 N–H and O–H groups in total. The summed E-state index contributed by atoms with van der Waals surface area (Å²) in [5.41, 5.74) is 5.20. The zero-order valence-electron chi connectivity index (χ0n) is 9.10. The molecule has 1 aromatic rings. The van der Waals surface area contributed by atoms with Crippen LogP contribution in [-0.2, 0) is 16.1 Å². The van der Waals surface area contributed by atoms with Gasteiger partial charge >= 0.3 is 0 Å². The van der Waals surface area contributed by atoms with Crippen molar-refractivity contribution in [3.05, 3.63) is 21.9 Å². The minimum atomic E-state index is -0.377. The Bertz CT molecular complexity index is 427. The topological polar surface area (TPSA) is 63.4 Å². The minimum absolute atomic E-state index is 0.0230. The van der Waals surface area contributed by atoms with E-state index < -0.39 is 0 Å². The van der Waals surface area contributed by atoms with Crippen molar-refractivity contribution >= 4 is 23.2 Å². The van der Waals surface area contributed by atoms with E-state index >= 15 is 0 Å². The van der Waals surface area contributed by atoms with E-state index in [9.17, 15) is 9.59 Å². The number of amides is 2. The molecule has 1 saturated heterocycles. The predicted molar refractivity (Wildman–Crippen MR) is 61.8 cm³/mol. The van der Waals surface area contributed by atoms with E-state index in [0.717, 1.165) is 4.88 Å². The van der Waals surface area contributed by atoms with Crippen LogP contribution in [0.15, 0.2) is 12.1 Å². The smallest absolute Gasteiger partial charge is 0.223 e. The quantitative estimate of drug-likeness (QED) is 0.850. The van der Waals surface area contributed by atoms with Crippen molar-refractivity contribution in [1.82, 2.24) is 4.90 Å². The van der Waals surface area contributed by atoms with Crippen molar-refractivity contribution in [2.24, 2.45) is 11.7 Å². The summed E-state index contributed by atoms with van der Waals surface area (Å²) in [7, 11) is 0. The minimum Gasteiger partial charge on any atom is -0.369 e. The van der Waals surface area contributed by atoms with E-state index in [1.54, 1.807) is 16.2 Å². The Morgan fingerprint density at radius 3 is 2.88 bits per heavy atom. The second-order valence-corrected chi connectivity index (χ2v) is 5.46. The number of likely N-dealkylation sites (tertiary alicyclic amines) is 1. The second kappa shape index (κ2) is 4.25. The lowest BCUT2D eigenvalue weighted by molar-refractivity contribution is -0.128. The summed E-state index contributed by atoms with van der Waals surface area (Å²) in [4.78, 5) is 26.7. The lowest BCUT2D eigenvalue weighted by atomic mass is 10.1. The molecule has 0 saturated carbocycles. The maximum atomic E-state index is 11.6. The first kappa shape index (κ1) is 11.1. The molecule has 4 nitrogen and oxygen atoms in total. The molecule has 0 spiro atoms. The maximum Gasteiger partial charge on any atom is 0.223 e. The van der Waals surface area contributed by atoms with Crippen LogP contribution in [0.1, 0.15) is 16.2 Å². The van der Waals surface area contributed by atoms with Gasteiger partial charge in [-0.3, -0.25) is 9.59 Å². The first-order valence-electron chi connectivity index (χ1n) is 5.18. The van der Waals surface area contributed by atoms with Gasteiger partial charge in [0, 0.05) is 22.7 Å². The van der Waals surface area contributed by atoms with Crippen LogP contribution in [-0.4, -0.2) is 23.3 Å². The molecule has 0 aromatic carbocycles. The summed E-state index contributed by atoms with van der Waals surface area (Å²) in [5.74, 6) is -0.665. The molecule has 16 heavy (non-hydrogen) atoms. The lowest BCUT2D eigenvalue weighted by Crippen LogP contribution is -2.28. The first-order chi connectivity index (χ1) is 7.56. The summed E-state index contributed by atoms with van der Waals surface area (Å²) >= 11 is 1.68. The van der Waals surface area contributed by atoms with Gasteiger partial charge in [-0.15, -0.1) is 11.3 Å². The number of nitrogens with two attached hydrogens (primary N) is 1. The maximum absolute atomic E-state index is 11.6. The molecule has 1 aliphatic rings. The van der Waals surface area contributed by atoms with E-state index in [1.807, 2.05) is 19.1 Å². The molecule has 2 rings (SSSR count). The van der Waals surface area contributed by atoms with Crippen LogP contribution in [0, 0.1) is 12.8 Å². The van der Waals surface area contributed by atoms with Crippen molar-refractivity contribution in [2.45, 2.75) is 19.9 Å². The molecule has 1 unspecified atom stereocenters. The molecule has 0 radical (unpaired) electrons. The van der Waals surface area contributed by atoms with E-state index in [0.29, 0.717) is 13.1 Å². The third-order valence-corrected chi connectivity index (χ3v) is 3.75. The van der Waals surface area contributed by atoms with Gasteiger partial charge in [-0.2, -0.15) is 0 Å². The van der Waals surface area contributed by atoms with Gasteiger partial charge in [0.1, 0.15) is 0 Å². The van der Waals surface area contributed by atoms with Gasteiger partial charge in [0.25, 0.3) is 0 Å². The molecule has 0 aliphatic carbocycles. The number of carbonyl (C=O) groups excluding carboxylic acids is 2. The molecule has 1 atom stereocenters. The fourth-order valence-electron chi connectivity index (χ4n) is 1.87. The fraction of sp³-hybridized carbons (Fsp3) is 0.455. The van der Waals surface area contributed by atoms with E-state index in [4.69, 9.17) is 5.73 Å². The van der Waals surface area contributed by atoms with Crippen LogP contribution in [0.5, 0.6) is 0 Å². The summed E-state index contributed by atoms with van der Waals surface area (Å²) in [5, 5.41) is 0. The zero-order valence-corrected chi connectivity index (χ0v) is 9.92. The number of thiophene rings is 1. The summed E-state index contributed by atoms with van der Waals surface area (Å²) < 4.78 is 0. The Kier molecular flexibility index (Phi) is 2.96. The standard InChI is InChI=1S/C11H14N2O2S/c1-7-2-3-9(16-7)6-13-5-8(11(12)15)4-10(13)14/h2-3,8H,4-6H2,1H3,(H2,12,15). The van der Waals surface area contributed by atoms with E-state index in [1.165, 1.54) is 4.88 Å². The Balaban J connectivity index is 2.01.